The first-order valence-electron chi connectivity index (χ1n) is 5.86. The molecule has 0 bridgehead atoms. The number of pyridine rings is 1. The summed E-state index contributed by atoms with van der Waals surface area (Å²) in [5.41, 5.74) is 0.903. The summed E-state index contributed by atoms with van der Waals surface area (Å²) >= 11 is 6.57. The standard InChI is InChI=1S/C13H14N2O2S2/c1-17-7-3-6-15-12(16)11(19-13(15)18)8-10-4-2-5-14-9-10/h2,4-5,8-9H,3,6-7H2,1H3/b11-8-. The maximum Gasteiger partial charge on any atom is 0.266 e. The molecule has 0 aromatic carbocycles. The Balaban J connectivity index is 2.07. The van der Waals surface area contributed by atoms with Crippen molar-refractivity contribution >= 4 is 40.3 Å². The third kappa shape index (κ3) is 3.62. The van der Waals surface area contributed by atoms with Crippen molar-refractivity contribution in [2.45, 2.75) is 6.42 Å². The molecule has 19 heavy (non-hydrogen) atoms. The van der Waals surface area contributed by atoms with Crippen LogP contribution in [0.3, 0.4) is 0 Å². The van der Waals surface area contributed by atoms with E-state index in [1.807, 2.05) is 18.2 Å². The van der Waals surface area contributed by atoms with Crippen LogP contribution >= 0.6 is 24.0 Å². The summed E-state index contributed by atoms with van der Waals surface area (Å²) in [4.78, 5) is 18.5. The zero-order valence-corrected chi connectivity index (χ0v) is 12.2. The largest absolute Gasteiger partial charge is 0.385 e. The molecule has 0 unspecified atom stereocenters. The van der Waals surface area contributed by atoms with Crippen LogP contribution in [0, 0.1) is 0 Å². The van der Waals surface area contributed by atoms with Crippen molar-refractivity contribution in [2.24, 2.45) is 0 Å². The van der Waals surface area contributed by atoms with Crippen molar-refractivity contribution < 1.29 is 9.53 Å². The maximum absolute atomic E-state index is 12.2. The van der Waals surface area contributed by atoms with E-state index in [1.165, 1.54) is 11.8 Å². The lowest BCUT2D eigenvalue weighted by Crippen LogP contribution is -2.29. The van der Waals surface area contributed by atoms with Crippen molar-refractivity contribution in [1.82, 2.24) is 9.88 Å². The molecule has 2 rings (SSSR count). The second-order valence-corrected chi connectivity index (χ2v) is 5.64. The van der Waals surface area contributed by atoms with E-state index < -0.39 is 0 Å². The summed E-state index contributed by atoms with van der Waals surface area (Å²) in [6.07, 6.45) is 6.02. The van der Waals surface area contributed by atoms with Crippen molar-refractivity contribution in [1.29, 1.82) is 0 Å². The van der Waals surface area contributed by atoms with Crippen molar-refractivity contribution in [3.8, 4) is 0 Å². The molecule has 1 amide bonds. The monoisotopic (exact) mass is 294 g/mol. The van der Waals surface area contributed by atoms with E-state index in [-0.39, 0.29) is 5.91 Å². The zero-order valence-electron chi connectivity index (χ0n) is 10.5. The molecule has 100 valence electrons. The molecule has 1 fully saturated rings. The Labute approximate surface area is 121 Å². The number of amides is 1. The van der Waals surface area contributed by atoms with E-state index in [0.29, 0.717) is 22.4 Å². The SMILES string of the molecule is COCCCN1C(=O)/C(=C/c2cccnc2)SC1=S. The average molecular weight is 294 g/mol. The molecule has 1 aliphatic heterocycles. The lowest BCUT2D eigenvalue weighted by molar-refractivity contribution is -0.122. The molecule has 4 nitrogen and oxygen atoms in total. The number of methoxy groups -OCH3 is 1. The number of aromatic nitrogens is 1. The van der Waals surface area contributed by atoms with Gasteiger partial charge in [0, 0.05) is 32.7 Å². The Morgan fingerprint density at radius 3 is 3.11 bits per heavy atom. The Morgan fingerprint density at radius 2 is 2.42 bits per heavy atom. The number of hydrogen-bond acceptors (Lipinski definition) is 5. The molecule has 0 atom stereocenters. The van der Waals surface area contributed by atoms with Gasteiger partial charge in [-0.15, -0.1) is 0 Å². The normalized spacial score (nSPS) is 17.5. The van der Waals surface area contributed by atoms with Crippen LogP contribution in [0.4, 0.5) is 0 Å². The number of rotatable bonds is 5. The van der Waals surface area contributed by atoms with Crippen LogP contribution in [-0.4, -0.2) is 40.4 Å². The highest BCUT2D eigenvalue weighted by molar-refractivity contribution is 8.26. The predicted octanol–water partition coefficient (Wildman–Crippen LogP) is 2.32. The molecule has 0 N–H and O–H groups in total. The molecule has 1 aromatic heterocycles. The number of carbonyl (C=O) groups is 1. The molecule has 2 heterocycles. The number of carbonyl (C=O) groups excluding carboxylic acids is 1. The first-order chi connectivity index (χ1) is 9.22. The van der Waals surface area contributed by atoms with E-state index in [9.17, 15) is 4.79 Å². The second kappa shape index (κ2) is 6.79. The molecule has 6 heteroatoms. The topological polar surface area (TPSA) is 42.4 Å². The molecule has 1 aromatic rings. The number of nitrogens with zero attached hydrogens (tertiary/aromatic N) is 2. The van der Waals surface area contributed by atoms with Gasteiger partial charge in [-0.2, -0.15) is 0 Å². The number of thioether (sulfide) groups is 1. The highest BCUT2D eigenvalue weighted by Gasteiger charge is 2.31. The summed E-state index contributed by atoms with van der Waals surface area (Å²) in [7, 11) is 1.65. The second-order valence-electron chi connectivity index (χ2n) is 3.97. The van der Waals surface area contributed by atoms with Gasteiger partial charge >= 0.3 is 0 Å². The minimum absolute atomic E-state index is 0.0324. The smallest absolute Gasteiger partial charge is 0.266 e. The van der Waals surface area contributed by atoms with Gasteiger partial charge in [-0.3, -0.25) is 14.7 Å². The molecule has 1 saturated heterocycles. The number of thiocarbonyl (C=S) groups is 1. The first-order valence-corrected chi connectivity index (χ1v) is 7.09. The minimum Gasteiger partial charge on any atom is -0.385 e. The summed E-state index contributed by atoms with van der Waals surface area (Å²) in [5, 5.41) is 0. The molecule has 0 aliphatic carbocycles. The fraction of sp³-hybridized carbons (Fsp3) is 0.308. The van der Waals surface area contributed by atoms with Crippen LogP contribution in [0.15, 0.2) is 29.4 Å². The molecular weight excluding hydrogens is 280 g/mol. The van der Waals surface area contributed by atoms with Gasteiger partial charge < -0.3 is 4.74 Å². The number of hydrogen-bond donors (Lipinski definition) is 0. The highest BCUT2D eigenvalue weighted by Crippen LogP contribution is 2.32. The predicted molar refractivity (Wildman–Crippen MR) is 80.6 cm³/mol. The summed E-state index contributed by atoms with van der Waals surface area (Å²) in [5.74, 6) is -0.0324. The van der Waals surface area contributed by atoms with E-state index in [0.717, 1.165) is 12.0 Å². The van der Waals surface area contributed by atoms with Gasteiger partial charge in [-0.25, -0.2) is 0 Å². The van der Waals surface area contributed by atoms with E-state index >= 15 is 0 Å². The van der Waals surface area contributed by atoms with E-state index in [1.54, 1.807) is 24.4 Å². The molecule has 0 radical (unpaired) electrons. The Hall–Kier alpha value is -1.24. The fourth-order valence-corrected chi connectivity index (χ4v) is 2.98. The summed E-state index contributed by atoms with van der Waals surface area (Å²) in [6, 6.07) is 3.75. The van der Waals surface area contributed by atoms with Gasteiger partial charge in [0.2, 0.25) is 0 Å². The van der Waals surface area contributed by atoms with Crippen molar-refractivity contribution in [3.05, 3.63) is 35.0 Å². The van der Waals surface area contributed by atoms with Crippen LogP contribution in [0.25, 0.3) is 6.08 Å². The first kappa shape index (κ1) is 14.2. The Morgan fingerprint density at radius 1 is 1.58 bits per heavy atom. The van der Waals surface area contributed by atoms with Crippen molar-refractivity contribution in [3.63, 3.8) is 0 Å². The molecular formula is C13H14N2O2S2. The lowest BCUT2D eigenvalue weighted by atomic mass is 10.2. The van der Waals surface area contributed by atoms with Crippen LogP contribution in [-0.2, 0) is 9.53 Å². The van der Waals surface area contributed by atoms with Gasteiger partial charge in [0.05, 0.1) is 4.91 Å². The maximum atomic E-state index is 12.2. The Kier molecular flexibility index (Phi) is 5.07. The quantitative estimate of drug-likeness (QED) is 0.474. The third-order valence-electron chi connectivity index (χ3n) is 2.59. The molecule has 1 aliphatic rings. The van der Waals surface area contributed by atoms with Gasteiger partial charge in [0.25, 0.3) is 5.91 Å². The van der Waals surface area contributed by atoms with Gasteiger partial charge in [-0.1, -0.05) is 30.0 Å². The van der Waals surface area contributed by atoms with Gasteiger partial charge in [0.15, 0.2) is 0 Å². The van der Waals surface area contributed by atoms with Crippen LogP contribution in [0.2, 0.25) is 0 Å². The fourth-order valence-electron chi connectivity index (χ4n) is 1.67. The molecule has 0 saturated carbocycles. The van der Waals surface area contributed by atoms with Crippen molar-refractivity contribution in [2.75, 3.05) is 20.3 Å². The lowest BCUT2D eigenvalue weighted by Gasteiger charge is -2.13. The molecule has 0 spiro atoms. The summed E-state index contributed by atoms with van der Waals surface area (Å²) in [6.45, 7) is 1.22. The minimum atomic E-state index is -0.0324. The van der Waals surface area contributed by atoms with E-state index in [4.69, 9.17) is 17.0 Å². The summed E-state index contributed by atoms with van der Waals surface area (Å²) < 4.78 is 5.59. The van der Waals surface area contributed by atoms with Crippen LogP contribution < -0.4 is 0 Å². The van der Waals surface area contributed by atoms with Gasteiger partial charge in [-0.05, 0) is 24.1 Å². The van der Waals surface area contributed by atoms with Gasteiger partial charge in [0.1, 0.15) is 4.32 Å². The Bertz CT molecular complexity index is 503. The van der Waals surface area contributed by atoms with Crippen LogP contribution in [0.5, 0.6) is 0 Å². The zero-order chi connectivity index (χ0) is 13.7. The van der Waals surface area contributed by atoms with Crippen LogP contribution in [0.1, 0.15) is 12.0 Å². The number of ether oxygens (including phenoxy) is 1. The highest BCUT2D eigenvalue weighted by atomic mass is 32.2. The van der Waals surface area contributed by atoms with E-state index in [2.05, 4.69) is 4.98 Å². The average Bonchev–Trinajstić information content (AvgIpc) is 2.68. The third-order valence-corrected chi connectivity index (χ3v) is 3.96.